The highest BCUT2D eigenvalue weighted by Gasteiger charge is 2.22. The molecule has 0 amide bonds. The first-order chi connectivity index (χ1) is 9.98. The number of rotatable bonds is 5. The van der Waals surface area contributed by atoms with Gasteiger partial charge in [-0.2, -0.15) is 9.57 Å². The molecule has 0 aliphatic rings. The zero-order valence-electron chi connectivity index (χ0n) is 11.5. The summed E-state index contributed by atoms with van der Waals surface area (Å²) in [5, 5.41) is 9.69. The van der Waals surface area contributed by atoms with Crippen LogP contribution in [-0.4, -0.2) is 30.8 Å². The Morgan fingerprint density at radius 3 is 2.76 bits per heavy atom. The molecular weight excluding hydrogens is 310 g/mol. The molecule has 0 fully saturated rings. The molecule has 1 aromatic carbocycles. The van der Waals surface area contributed by atoms with Gasteiger partial charge in [0.25, 0.3) is 0 Å². The quantitative estimate of drug-likeness (QED) is 0.793. The zero-order valence-corrected chi connectivity index (χ0v) is 13.0. The van der Waals surface area contributed by atoms with E-state index < -0.39 is 10.0 Å². The lowest BCUT2D eigenvalue weighted by Gasteiger charge is -2.19. The molecule has 0 unspecified atom stereocenters. The van der Waals surface area contributed by atoms with E-state index in [9.17, 15) is 8.42 Å². The van der Waals surface area contributed by atoms with Crippen LogP contribution >= 0.6 is 11.6 Å². The average Bonchev–Trinajstić information content (AvgIpc) is 2.47. The highest BCUT2D eigenvalue weighted by atomic mass is 35.5. The predicted molar refractivity (Wildman–Crippen MR) is 81.4 cm³/mol. The van der Waals surface area contributed by atoms with Crippen molar-refractivity contribution in [1.29, 1.82) is 5.26 Å². The van der Waals surface area contributed by atoms with E-state index in [1.165, 1.54) is 10.4 Å². The lowest BCUT2D eigenvalue weighted by atomic mass is 10.2. The highest BCUT2D eigenvalue weighted by molar-refractivity contribution is 7.89. The lowest BCUT2D eigenvalue weighted by Crippen LogP contribution is -2.31. The lowest BCUT2D eigenvalue weighted by molar-refractivity contribution is 0.435. The number of benzene rings is 1. The summed E-state index contributed by atoms with van der Waals surface area (Å²) in [6, 6.07) is 10.0. The normalized spacial score (nSPS) is 11.7. The molecular formula is C14H14ClN3O2S. The van der Waals surface area contributed by atoms with Crippen molar-refractivity contribution in [3.8, 4) is 6.07 Å². The van der Waals surface area contributed by atoms with Gasteiger partial charge in [0.05, 0.1) is 16.5 Å². The van der Waals surface area contributed by atoms with E-state index in [1.54, 1.807) is 31.2 Å². The van der Waals surface area contributed by atoms with Gasteiger partial charge in [-0.25, -0.2) is 13.4 Å². The molecule has 0 saturated carbocycles. The van der Waals surface area contributed by atoms with Crippen molar-refractivity contribution >= 4 is 32.5 Å². The van der Waals surface area contributed by atoms with E-state index in [4.69, 9.17) is 16.9 Å². The minimum absolute atomic E-state index is 0.164. The first-order valence-corrected chi connectivity index (χ1v) is 8.24. The molecule has 0 radical (unpaired) electrons. The van der Waals surface area contributed by atoms with Gasteiger partial charge in [-0.1, -0.05) is 18.5 Å². The number of sulfonamides is 1. The van der Waals surface area contributed by atoms with Gasteiger partial charge >= 0.3 is 0 Å². The third-order valence-corrected chi connectivity index (χ3v) is 5.27. The fraction of sp³-hybridized carbons (Fsp3) is 0.286. The first kappa shape index (κ1) is 15.7. The van der Waals surface area contributed by atoms with E-state index in [2.05, 4.69) is 4.98 Å². The van der Waals surface area contributed by atoms with Gasteiger partial charge in [-0.05, 0) is 30.3 Å². The van der Waals surface area contributed by atoms with Crippen LogP contribution in [0.15, 0.2) is 35.2 Å². The second kappa shape index (κ2) is 6.39. The number of fused-ring (bicyclic) bond motifs is 1. The Balaban J connectivity index is 2.44. The van der Waals surface area contributed by atoms with Crippen LogP contribution in [0.25, 0.3) is 10.9 Å². The Labute approximate surface area is 128 Å². The molecule has 0 aliphatic heterocycles. The summed E-state index contributed by atoms with van der Waals surface area (Å²) in [5.74, 6) is 0. The second-order valence-electron chi connectivity index (χ2n) is 4.39. The summed E-state index contributed by atoms with van der Waals surface area (Å²) < 4.78 is 26.4. The largest absolute Gasteiger partial charge is 0.243 e. The van der Waals surface area contributed by atoms with Crippen LogP contribution in [0.5, 0.6) is 0 Å². The predicted octanol–water partition coefficient (Wildman–Crippen LogP) is 2.81. The van der Waals surface area contributed by atoms with E-state index >= 15 is 0 Å². The van der Waals surface area contributed by atoms with E-state index in [0.29, 0.717) is 22.6 Å². The molecule has 2 aromatic rings. The Bertz CT molecular complexity index is 799. The third kappa shape index (κ3) is 3.32. The standard InChI is InChI=1S/C14H14ClN3O2S/c1-2-18(9-3-8-16)21(19,20)12-5-6-13-11(10-12)4-7-14(15)17-13/h4-7,10H,2-3,9H2,1H3. The third-order valence-electron chi connectivity index (χ3n) is 3.09. The van der Waals surface area contributed by atoms with Crippen molar-refractivity contribution in [2.24, 2.45) is 0 Å². The van der Waals surface area contributed by atoms with Crippen LogP contribution in [0.2, 0.25) is 5.15 Å². The van der Waals surface area contributed by atoms with E-state index in [1.807, 2.05) is 6.07 Å². The van der Waals surface area contributed by atoms with Crippen LogP contribution in [0.1, 0.15) is 13.3 Å². The van der Waals surface area contributed by atoms with Gasteiger partial charge in [-0.3, -0.25) is 0 Å². The van der Waals surface area contributed by atoms with Gasteiger partial charge in [-0.15, -0.1) is 0 Å². The van der Waals surface area contributed by atoms with Crippen molar-refractivity contribution in [3.05, 3.63) is 35.5 Å². The molecule has 0 aliphatic carbocycles. The van der Waals surface area contributed by atoms with Crippen LogP contribution in [0, 0.1) is 11.3 Å². The van der Waals surface area contributed by atoms with E-state index in [-0.39, 0.29) is 17.9 Å². The minimum Gasteiger partial charge on any atom is -0.236 e. The van der Waals surface area contributed by atoms with E-state index in [0.717, 1.165) is 0 Å². The maximum absolute atomic E-state index is 12.5. The van der Waals surface area contributed by atoms with Gasteiger partial charge in [0.1, 0.15) is 5.15 Å². The monoisotopic (exact) mass is 323 g/mol. The van der Waals surface area contributed by atoms with Crippen molar-refractivity contribution < 1.29 is 8.42 Å². The highest BCUT2D eigenvalue weighted by Crippen LogP contribution is 2.22. The molecule has 1 heterocycles. The Kier molecular flexibility index (Phi) is 4.78. The Hall–Kier alpha value is -1.68. The van der Waals surface area contributed by atoms with Crippen LogP contribution < -0.4 is 0 Å². The average molecular weight is 324 g/mol. The van der Waals surface area contributed by atoms with Crippen molar-refractivity contribution in [3.63, 3.8) is 0 Å². The molecule has 0 saturated heterocycles. The SMILES string of the molecule is CCN(CCC#N)S(=O)(=O)c1ccc2nc(Cl)ccc2c1. The summed E-state index contributed by atoms with van der Waals surface area (Å²) in [6.45, 7) is 2.25. The fourth-order valence-electron chi connectivity index (χ4n) is 2.01. The van der Waals surface area contributed by atoms with Gasteiger partial charge in [0.15, 0.2) is 0 Å². The van der Waals surface area contributed by atoms with Gasteiger partial charge < -0.3 is 0 Å². The zero-order chi connectivity index (χ0) is 15.5. The molecule has 0 atom stereocenters. The Morgan fingerprint density at radius 1 is 1.33 bits per heavy atom. The van der Waals surface area contributed by atoms with Gasteiger partial charge in [0.2, 0.25) is 10.0 Å². The second-order valence-corrected chi connectivity index (χ2v) is 6.72. The molecule has 0 bridgehead atoms. The fourth-order valence-corrected chi connectivity index (χ4v) is 3.65. The summed E-state index contributed by atoms with van der Waals surface area (Å²) in [7, 11) is -3.60. The van der Waals surface area contributed by atoms with Crippen molar-refractivity contribution in [2.75, 3.05) is 13.1 Å². The first-order valence-electron chi connectivity index (χ1n) is 6.42. The minimum atomic E-state index is -3.60. The summed E-state index contributed by atoms with van der Waals surface area (Å²) in [6.07, 6.45) is 0.164. The van der Waals surface area contributed by atoms with Crippen molar-refractivity contribution in [2.45, 2.75) is 18.2 Å². The number of pyridine rings is 1. The maximum atomic E-state index is 12.5. The number of halogens is 1. The number of aromatic nitrogens is 1. The van der Waals surface area contributed by atoms with Crippen LogP contribution in [0.4, 0.5) is 0 Å². The molecule has 0 N–H and O–H groups in total. The molecule has 0 spiro atoms. The molecule has 5 nitrogen and oxygen atoms in total. The summed E-state index contributed by atoms with van der Waals surface area (Å²) >= 11 is 5.81. The summed E-state index contributed by atoms with van der Waals surface area (Å²) in [4.78, 5) is 4.32. The smallest absolute Gasteiger partial charge is 0.236 e. The number of nitriles is 1. The van der Waals surface area contributed by atoms with Gasteiger partial charge in [0, 0.05) is 24.9 Å². The Morgan fingerprint density at radius 2 is 2.10 bits per heavy atom. The molecule has 2 rings (SSSR count). The maximum Gasteiger partial charge on any atom is 0.243 e. The summed E-state index contributed by atoms with van der Waals surface area (Å²) in [5.41, 5.74) is 0.640. The van der Waals surface area contributed by atoms with Crippen LogP contribution in [0.3, 0.4) is 0 Å². The number of hydrogen-bond donors (Lipinski definition) is 0. The molecule has 7 heteroatoms. The number of nitrogens with zero attached hydrogens (tertiary/aromatic N) is 3. The molecule has 1 aromatic heterocycles. The number of hydrogen-bond acceptors (Lipinski definition) is 4. The molecule has 110 valence electrons. The van der Waals surface area contributed by atoms with Crippen LogP contribution in [-0.2, 0) is 10.0 Å². The molecule has 21 heavy (non-hydrogen) atoms. The topological polar surface area (TPSA) is 74.1 Å². The van der Waals surface area contributed by atoms with Crippen molar-refractivity contribution in [1.82, 2.24) is 9.29 Å².